The first-order valence-corrected chi connectivity index (χ1v) is 10.1. The summed E-state index contributed by atoms with van der Waals surface area (Å²) in [6.07, 6.45) is 0.633. The Morgan fingerprint density at radius 3 is 2.15 bits per heavy atom. The second-order valence-electron chi connectivity index (χ2n) is 5.94. The molecule has 0 unspecified atom stereocenters. The minimum Gasteiger partial charge on any atom is -0.207 e. The van der Waals surface area contributed by atoms with Crippen LogP contribution in [-0.2, 0) is 23.0 Å². The number of benzene rings is 3. The van der Waals surface area contributed by atoms with Crippen LogP contribution in [0.2, 0.25) is 5.02 Å². The summed E-state index contributed by atoms with van der Waals surface area (Å²) < 4.78 is 27.8. The van der Waals surface area contributed by atoms with E-state index in [2.05, 4.69) is 6.07 Å². The van der Waals surface area contributed by atoms with Crippen LogP contribution in [-0.4, -0.2) is 19.3 Å². The van der Waals surface area contributed by atoms with Gasteiger partial charge >= 0.3 is 0 Å². The quantitative estimate of drug-likeness (QED) is 0.598. The van der Waals surface area contributed by atoms with Crippen molar-refractivity contribution >= 4 is 21.6 Å². The van der Waals surface area contributed by atoms with Gasteiger partial charge < -0.3 is 0 Å². The lowest BCUT2D eigenvalue weighted by atomic mass is 10.1. The van der Waals surface area contributed by atoms with Crippen LogP contribution < -0.4 is 0 Å². The summed E-state index contributed by atoms with van der Waals surface area (Å²) in [5, 5.41) is 0.513. The van der Waals surface area contributed by atoms with Gasteiger partial charge in [0.25, 0.3) is 0 Å². The maximum atomic E-state index is 13.1. The zero-order chi connectivity index (χ0) is 18.4. The number of rotatable bonds is 7. The van der Waals surface area contributed by atoms with Gasteiger partial charge in [0.1, 0.15) is 0 Å². The molecule has 3 nitrogen and oxygen atoms in total. The first-order chi connectivity index (χ1) is 12.6. The minimum absolute atomic E-state index is 0.249. The van der Waals surface area contributed by atoms with E-state index >= 15 is 0 Å². The maximum Gasteiger partial charge on any atom is 0.243 e. The molecule has 0 spiro atoms. The fourth-order valence-electron chi connectivity index (χ4n) is 2.67. The third kappa shape index (κ3) is 4.73. The van der Waals surface area contributed by atoms with Crippen LogP contribution in [0.3, 0.4) is 0 Å². The lowest BCUT2D eigenvalue weighted by molar-refractivity contribution is 0.409. The highest BCUT2D eigenvalue weighted by Crippen LogP contribution is 2.21. The van der Waals surface area contributed by atoms with Gasteiger partial charge in [0.15, 0.2) is 0 Å². The molecule has 133 valence electrons. The molecule has 26 heavy (non-hydrogen) atoms. The molecule has 5 heteroatoms. The van der Waals surface area contributed by atoms with E-state index in [1.165, 1.54) is 4.31 Å². The smallest absolute Gasteiger partial charge is 0.207 e. The molecule has 3 aromatic rings. The average molecular weight is 385 g/mol. The van der Waals surface area contributed by atoms with Crippen LogP contribution in [0.4, 0.5) is 0 Å². The number of hydrogen-bond acceptors (Lipinski definition) is 2. The highest BCUT2D eigenvalue weighted by Gasteiger charge is 2.24. The standard InChI is InChI=1S/C21H19ClNO2S/c22-20-11-13-21(14-12-20)26(24,25)23(17-19-9-5-2-6-10-19)16-15-18-7-3-1-4-8-18/h2-14H,15-17H2. The van der Waals surface area contributed by atoms with Gasteiger partial charge in [0.2, 0.25) is 10.0 Å². The number of hydrogen-bond donors (Lipinski definition) is 0. The normalized spacial score (nSPS) is 11.6. The Morgan fingerprint density at radius 1 is 0.846 bits per heavy atom. The zero-order valence-corrected chi connectivity index (χ0v) is 15.7. The van der Waals surface area contributed by atoms with Crippen LogP contribution in [0.1, 0.15) is 11.1 Å². The SMILES string of the molecule is O=S(=O)(c1ccc(Cl)cc1)N(CCc1cc[c]cc1)Cc1ccccc1. The molecule has 0 fully saturated rings. The van der Waals surface area contributed by atoms with Crippen LogP contribution in [0.5, 0.6) is 0 Å². The molecular weight excluding hydrogens is 366 g/mol. The van der Waals surface area contributed by atoms with Gasteiger partial charge in [-0.1, -0.05) is 66.2 Å². The third-order valence-electron chi connectivity index (χ3n) is 4.09. The first kappa shape index (κ1) is 18.6. The van der Waals surface area contributed by atoms with E-state index in [0.29, 0.717) is 24.5 Å². The van der Waals surface area contributed by atoms with E-state index in [4.69, 9.17) is 11.6 Å². The first-order valence-electron chi connectivity index (χ1n) is 8.30. The van der Waals surface area contributed by atoms with E-state index in [-0.39, 0.29) is 4.90 Å². The Balaban J connectivity index is 1.87. The minimum atomic E-state index is -3.62. The van der Waals surface area contributed by atoms with Gasteiger partial charge in [-0.15, -0.1) is 0 Å². The number of halogens is 1. The predicted octanol–water partition coefficient (Wildman–Crippen LogP) is 4.57. The molecule has 3 rings (SSSR count). The van der Waals surface area contributed by atoms with Crippen molar-refractivity contribution in [2.75, 3.05) is 6.54 Å². The molecule has 0 amide bonds. The maximum absolute atomic E-state index is 13.1. The third-order valence-corrected chi connectivity index (χ3v) is 6.20. The molecule has 0 aliphatic rings. The molecule has 3 aromatic carbocycles. The van der Waals surface area contributed by atoms with Crippen molar-refractivity contribution < 1.29 is 8.42 Å². The molecule has 0 heterocycles. The summed E-state index contributed by atoms with van der Waals surface area (Å²) in [6.45, 7) is 0.717. The van der Waals surface area contributed by atoms with Crippen molar-refractivity contribution in [2.24, 2.45) is 0 Å². The van der Waals surface area contributed by atoms with E-state index in [1.54, 1.807) is 24.3 Å². The number of sulfonamides is 1. The van der Waals surface area contributed by atoms with Crippen molar-refractivity contribution in [3.63, 3.8) is 0 Å². The summed E-state index contributed by atoms with van der Waals surface area (Å²) >= 11 is 5.90. The van der Waals surface area contributed by atoms with Gasteiger partial charge in [-0.3, -0.25) is 0 Å². The van der Waals surface area contributed by atoms with Crippen LogP contribution in [0, 0.1) is 6.07 Å². The molecule has 0 bridgehead atoms. The van der Waals surface area contributed by atoms with Gasteiger partial charge in [0.05, 0.1) is 4.90 Å². The number of nitrogens with zero attached hydrogens (tertiary/aromatic N) is 1. The largest absolute Gasteiger partial charge is 0.243 e. The Morgan fingerprint density at radius 2 is 1.50 bits per heavy atom. The second kappa shape index (κ2) is 8.49. The molecule has 0 saturated heterocycles. The zero-order valence-electron chi connectivity index (χ0n) is 14.2. The molecule has 0 aliphatic carbocycles. The van der Waals surface area contributed by atoms with E-state index in [1.807, 2.05) is 54.6 Å². The summed E-state index contributed by atoms with van der Waals surface area (Å²) in [5.41, 5.74) is 2.03. The molecule has 0 saturated carbocycles. The topological polar surface area (TPSA) is 37.4 Å². The Labute approximate surface area is 159 Å². The lowest BCUT2D eigenvalue weighted by Crippen LogP contribution is -2.32. The van der Waals surface area contributed by atoms with Gasteiger partial charge in [-0.25, -0.2) is 8.42 Å². The van der Waals surface area contributed by atoms with Crippen molar-refractivity contribution in [1.29, 1.82) is 0 Å². The Hall–Kier alpha value is -2.14. The monoisotopic (exact) mass is 384 g/mol. The van der Waals surface area contributed by atoms with Gasteiger partial charge in [-0.05, 0) is 47.9 Å². The summed E-state index contributed by atoms with van der Waals surface area (Å²) in [7, 11) is -3.62. The average Bonchev–Trinajstić information content (AvgIpc) is 2.67. The molecular formula is C21H19ClNO2S. The fraction of sp³-hybridized carbons (Fsp3) is 0.143. The predicted molar refractivity (Wildman–Crippen MR) is 104 cm³/mol. The Bertz CT molecular complexity index is 927. The second-order valence-corrected chi connectivity index (χ2v) is 8.31. The van der Waals surface area contributed by atoms with Crippen LogP contribution in [0.25, 0.3) is 0 Å². The molecule has 1 radical (unpaired) electrons. The van der Waals surface area contributed by atoms with Crippen molar-refractivity contribution in [3.05, 3.63) is 101 Å². The molecule has 0 aliphatic heterocycles. The molecule has 0 N–H and O–H groups in total. The highest BCUT2D eigenvalue weighted by atomic mass is 35.5. The molecule has 0 aromatic heterocycles. The van der Waals surface area contributed by atoms with E-state index < -0.39 is 10.0 Å². The summed E-state index contributed by atoms with van der Waals surface area (Å²) in [6, 6.07) is 26.5. The highest BCUT2D eigenvalue weighted by molar-refractivity contribution is 7.89. The van der Waals surface area contributed by atoms with E-state index in [0.717, 1.165) is 11.1 Å². The lowest BCUT2D eigenvalue weighted by Gasteiger charge is -2.22. The van der Waals surface area contributed by atoms with Crippen molar-refractivity contribution in [3.8, 4) is 0 Å². The summed E-state index contributed by atoms with van der Waals surface area (Å²) in [4.78, 5) is 0.249. The Kier molecular flexibility index (Phi) is 6.09. The van der Waals surface area contributed by atoms with E-state index in [9.17, 15) is 8.42 Å². The van der Waals surface area contributed by atoms with Crippen molar-refractivity contribution in [2.45, 2.75) is 17.9 Å². The van der Waals surface area contributed by atoms with Crippen LogP contribution >= 0.6 is 11.6 Å². The van der Waals surface area contributed by atoms with Gasteiger partial charge in [-0.2, -0.15) is 4.31 Å². The fourth-order valence-corrected chi connectivity index (χ4v) is 4.22. The van der Waals surface area contributed by atoms with Crippen LogP contribution in [0.15, 0.2) is 83.8 Å². The van der Waals surface area contributed by atoms with Gasteiger partial charge in [0, 0.05) is 18.1 Å². The summed E-state index contributed by atoms with van der Waals surface area (Å²) in [5.74, 6) is 0. The van der Waals surface area contributed by atoms with Crippen molar-refractivity contribution in [1.82, 2.24) is 4.31 Å². The molecule has 0 atom stereocenters.